The molecule has 1 atom stereocenters. The Bertz CT molecular complexity index is 198. The third-order valence-corrected chi connectivity index (χ3v) is 3.33. The van der Waals surface area contributed by atoms with Gasteiger partial charge in [0.2, 0.25) is 5.91 Å². The van der Waals surface area contributed by atoms with Gasteiger partial charge >= 0.3 is 0 Å². The fourth-order valence-corrected chi connectivity index (χ4v) is 2.20. The zero-order valence-corrected chi connectivity index (χ0v) is 9.91. The van der Waals surface area contributed by atoms with Crippen LogP contribution in [0.4, 0.5) is 0 Å². The monoisotopic (exact) mass is 213 g/mol. The van der Waals surface area contributed by atoms with E-state index in [1.54, 1.807) is 0 Å². The topological polar surface area (TPSA) is 40.5 Å². The van der Waals surface area contributed by atoms with Crippen molar-refractivity contribution in [3.05, 3.63) is 0 Å². The van der Waals surface area contributed by atoms with E-state index in [1.165, 1.54) is 0 Å². The molecule has 0 saturated carbocycles. The highest BCUT2D eigenvalue weighted by Gasteiger charge is 2.24. The molecular formula is C12H23NO2. The van der Waals surface area contributed by atoms with Crippen LogP contribution in [-0.2, 0) is 4.79 Å². The minimum atomic E-state index is 0.167. The molecule has 3 nitrogen and oxygen atoms in total. The number of likely N-dealkylation sites (tertiary alicyclic amines) is 1. The van der Waals surface area contributed by atoms with Gasteiger partial charge in [-0.3, -0.25) is 4.79 Å². The van der Waals surface area contributed by atoms with Gasteiger partial charge in [0, 0.05) is 25.6 Å². The summed E-state index contributed by atoms with van der Waals surface area (Å²) in [5.41, 5.74) is 0. The first-order valence-corrected chi connectivity index (χ1v) is 6.08. The fourth-order valence-electron chi connectivity index (χ4n) is 2.20. The number of amides is 1. The maximum absolute atomic E-state index is 11.9. The molecule has 0 bridgehead atoms. The van der Waals surface area contributed by atoms with Crippen LogP contribution in [0.2, 0.25) is 0 Å². The molecule has 1 unspecified atom stereocenters. The van der Waals surface area contributed by atoms with Gasteiger partial charge in [-0.05, 0) is 25.2 Å². The van der Waals surface area contributed by atoms with E-state index in [0.717, 1.165) is 38.8 Å². The summed E-state index contributed by atoms with van der Waals surface area (Å²) < 4.78 is 0. The summed E-state index contributed by atoms with van der Waals surface area (Å²) in [6, 6.07) is 0. The standard InChI is InChI=1S/C12H23NO2/c1-3-4-10(2)12(15)13-7-5-11(9-14)6-8-13/h10-11,14H,3-9H2,1-2H3. The number of carbonyl (C=O) groups excluding carboxylic acids is 1. The molecular weight excluding hydrogens is 190 g/mol. The quantitative estimate of drug-likeness (QED) is 0.771. The van der Waals surface area contributed by atoms with Crippen molar-refractivity contribution in [2.45, 2.75) is 39.5 Å². The summed E-state index contributed by atoms with van der Waals surface area (Å²) in [5, 5.41) is 9.01. The summed E-state index contributed by atoms with van der Waals surface area (Å²) in [6.07, 6.45) is 3.97. The zero-order chi connectivity index (χ0) is 11.3. The third kappa shape index (κ3) is 3.49. The molecule has 1 fully saturated rings. The van der Waals surface area contributed by atoms with E-state index < -0.39 is 0 Å². The van der Waals surface area contributed by atoms with Crippen LogP contribution in [0.3, 0.4) is 0 Å². The smallest absolute Gasteiger partial charge is 0.225 e. The molecule has 3 heteroatoms. The first-order chi connectivity index (χ1) is 7.19. The number of hydrogen-bond acceptors (Lipinski definition) is 2. The van der Waals surface area contributed by atoms with E-state index in [1.807, 2.05) is 11.8 Å². The lowest BCUT2D eigenvalue weighted by Crippen LogP contribution is -2.41. The predicted molar refractivity (Wildman–Crippen MR) is 60.5 cm³/mol. The Kier molecular flexibility index (Phi) is 5.09. The number of carbonyl (C=O) groups is 1. The third-order valence-electron chi connectivity index (χ3n) is 3.33. The molecule has 15 heavy (non-hydrogen) atoms. The number of aliphatic hydroxyl groups excluding tert-OH is 1. The average molecular weight is 213 g/mol. The highest BCUT2D eigenvalue weighted by atomic mass is 16.3. The Morgan fingerprint density at radius 3 is 2.53 bits per heavy atom. The number of nitrogens with zero attached hydrogens (tertiary/aromatic N) is 1. The van der Waals surface area contributed by atoms with Crippen LogP contribution in [0.1, 0.15) is 39.5 Å². The molecule has 1 heterocycles. The van der Waals surface area contributed by atoms with E-state index >= 15 is 0 Å². The lowest BCUT2D eigenvalue weighted by molar-refractivity contribution is -0.136. The van der Waals surface area contributed by atoms with E-state index in [-0.39, 0.29) is 12.5 Å². The van der Waals surface area contributed by atoms with E-state index in [9.17, 15) is 4.79 Å². The minimum absolute atomic E-state index is 0.167. The summed E-state index contributed by atoms with van der Waals surface area (Å²) in [6.45, 7) is 6.06. The average Bonchev–Trinajstić information content (AvgIpc) is 2.28. The maximum Gasteiger partial charge on any atom is 0.225 e. The summed E-state index contributed by atoms with van der Waals surface area (Å²) in [5.74, 6) is 0.879. The number of hydrogen-bond donors (Lipinski definition) is 1. The molecule has 0 radical (unpaired) electrons. The van der Waals surface area contributed by atoms with Gasteiger partial charge < -0.3 is 10.0 Å². The highest BCUT2D eigenvalue weighted by molar-refractivity contribution is 5.78. The number of rotatable bonds is 4. The molecule has 1 aliphatic heterocycles. The Labute approximate surface area is 92.5 Å². The molecule has 0 spiro atoms. The van der Waals surface area contributed by atoms with Crippen LogP contribution in [-0.4, -0.2) is 35.6 Å². The molecule has 88 valence electrons. The first kappa shape index (κ1) is 12.5. The van der Waals surface area contributed by atoms with Gasteiger partial charge in [0.25, 0.3) is 0 Å². The molecule has 1 amide bonds. The molecule has 1 N–H and O–H groups in total. The Morgan fingerprint density at radius 2 is 2.07 bits per heavy atom. The van der Waals surface area contributed by atoms with E-state index in [2.05, 4.69) is 6.92 Å². The summed E-state index contributed by atoms with van der Waals surface area (Å²) in [4.78, 5) is 13.9. The van der Waals surface area contributed by atoms with Gasteiger partial charge in [-0.25, -0.2) is 0 Å². The lowest BCUT2D eigenvalue weighted by Gasteiger charge is -2.32. The second-order valence-electron chi connectivity index (χ2n) is 4.64. The van der Waals surface area contributed by atoms with Crippen molar-refractivity contribution in [1.82, 2.24) is 4.90 Å². The van der Waals surface area contributed by atoms with Gasteiger partial charge in [-0.2, -0.15) is 0 Å². The maximum atomic E-state index is 11.9. The van der Waals surface area contributed by atoms with Crippen molar-refractivity contribution in [1.29, 1.82) is 0 Å². The molecule has 0 aromatic rings. The van der Waals surface area contributed by atoms with E-state index in [0.29, 0.717) is 11.8 Å². The lowest BCUT2D eigenvalue weighted by atomic mass is 9.96. The van der Waals surface area contributed by atoms with Gasteiger partial charge in [0.1, 0.15) is 0 Å². The predicted octanol–water partition coefficient (Wildman–Crippen LogP) is 1.65. The van der Waals surface area contributed by atoms with Gasteiger partial charge in [0.05, 0.1) is 0 Å². The van der Waals surface area contributed by atoms with Crippen LogP contribution >= 0.6 is 0 Å². The van der Waals surface area contributed by atoms with Crippen LogP contribution < -0.4 is 0 Å². The van der Waals surface area contributed by atoms with Crippen LogP contribution in [0.5, 0.6) is 0 Å². The Morgan fingerprint density at radius 1 is 1.47 bits per heavy atom. The van der Waals surface area contributed by atoms with Gasteiger partial charge in [-0.15, -0.1) is 0 Å². The Balaban J connectivity index is 2.35. The summed E-state index contributed by atoms with van der Waals surface area (Å²) in [7, 11) is 0. The molecule has 0 aliphatic carbocycles. The molecule has 1 rings (SSSR count). The second-order valence-corrected chi connectivity index (χ2v) is 4.64. The fraction of sp³-hybridized carbons (Fsp3) is 0.917. The SMILES string of the molecule is CCCC(C)C(=O)N1CCC(CO)CC1. The minimum Gasteiger partial charge on any atom is -0.396 e. The normalized spacial score (nSPS) is 20.3. The second kappa shape index (κ2) is 6.11. The van der Waals surface area contributed by atoms with Crippen LogP contribution in [0, 0.1) is 11.8 Å². The first-order valence-electron chi connectivity index (χ1n) is 6.08. The van der Waals surface area contributed by atoms with Gasteiger partial charge in [-0.1, -0.05) is 20.3 Å². The number of aliphatic hydroxyl groups is 1. The van der Waals surface area contributed by atoms with Crippen LogP contribution in [0.25, 0.3) is 0 Å². The number of piperidine rings is 1. The molecule has 0 aromatic carbocycles. The van der Waals surface area contributed by atoms with Crippen molar-refractivity contribution in [3.63, 3.8) is 0 Å². The summed E-state index contributed by atoms with van der Waals surface area (Å²) >= 11 is 0. The highest BCUT2D eigenvalue weighted by Crippen LogP contribution is 2.19. The Hall–Kier alpha value is -0.570. The van der Waals surface area contributed by atoms with Gasteiger partial charge in [0.15, 0.2) is 0 Å². The molecule has 0 aromatic heterocycles. The van der Waals surface area contributed by atoms with E-state index in [4.69, 9.17) is 5.11 Å². The largest absolute Gasteiger partial charge is 0.396 e. The zero-order valence-electron chi connectivity index (χ0n) is 9.91. The van der Waals surface area contributed by atoms with Crippen molar-refractivity contribution >= 4 is 5.91 Å². The van der Waals surface area contributed by atoms with Crippen molar-refractivity contribution in [2.24, 2.45) is 11.8 Å². The van der Waals surface area contributed by atoms with Crippen molar-refractivity contribution < 1.29 is 9.90 Å². The van der Waals surface area contributed by atoms with Crippen molar-refractivity contribution in [3.8, 4) is 0 Å². The van der Waals surface area contributed by atoms with Crippen LogP contribution in [0.15, 0.2) is 0 Å². The molecule has 1 aliphatic rings. The van der Waals surface area contributed by atoms with Crippen molar-refractivity contribution in [2.75, 3.05) is 19.7 Å². The molecule has 1 saturated heterocycles.